The molecule has 28 heavy (non-hydrogen) atoms. The summed E-state index contributed by atoms with van der Waals surface area (Å²) >= 11 is 7.26. The van der Waals surface area contributed by atoms with Gasteiger partial charge in [-0.05, 0) is 36.8 Å². The van der Waals surface area contributed by atoms with Crippen LogP contribution in [0.4, 0.5) is 11.4 Å². The van der Waals surface area contributed by atoms with E-state index in [2.05, 4.69) is 5.32 Å². The molecule has 1 unspecified atom stereocenters. The van der Waals surface area contributed by atoms with E-state index in [0.29, 0.717) is 22.8 Å². The molecule has 2 amide bonds. The zero-order valence-electron chi connectivity index (χ0n) is 15.0. The number of thioether (sulfide) groups is 1. The maximum Gasteiger partial charge on any atom is 0.344 e. The van der Waals surface area contributed by atoms with E-state index < -0.39 is 23.4 Å². The minimum atomic E-state index is -1.13. The Labute approximate surface area is 171 Å². The number of aryl methyl sites for hydroxylation is 1. The summed E-state index contributed by atoms with van der Waals surface area (Å²) in [6.45, 7) is 1.40. The minimum Gasteiger partial charge on any atom is -0.453 e. The molecule has 4 rings (SSSR count). The average Bonchev–Trinajstić information content (AvgIpc) is 3.18. The third-order valence-corrected chi connectivity index (χ3v) is 6.49. The van der Waals surface area contributed by atoms with Crippen molar-refractivity contribution in [3.63, 3.8) is 0 Å². The van der Waals surface area contributed by atoms with Gasteiger partial charge in [0.1, 0.15) is 0 Å². The number of ether oxygens (including phenoxy) is 1. The predicted octanol–water partition coefficient (Wildman–Crippen LogP) is 3.76. The van der Waals surface area contributed by atoms with Crippen LogP contribution in [0.15, 0.2) is 47.4 Å². The number of fused-ring (bicyclic) bond motifs is 3. The highest BCUT2D eigenvalue weighted by Crippen LogP contribution is 2.56. The van der Waals surface area contributed by atoms with Crippen molar-refractivity contribution in [3.05, 3.63) is 53.1 Å². The van der Waals surface area contributed by atoms with Crippen molar-refractivity contribution in [2.24, 2.45) is 0 Å². The zero-order chi connectivity index (χ0) is 19.9. The molecule has 1 N–H and O–H groups in total. The quantitative estimate of drug-likeness (QED) is 0.768. The first-order valence-corrected chi connectivity index (χ1v) is 9.94. The second kappa shape index (κ2) is 7.14. The number of nitrogens with zero attached hydrogens (tertiary/aromatic N) is 1. The first kappa shape index (κ1) is 18.8. The van der Waals surface area contributed by atoms with Gasteiger partial charge in [-0.15, -0.1) is 0 Å². The highest BCUT2D eigenvalue weighted by molar-refractivity contribution is 8.02. The lowest BCUT2D eigenvalue weighted by atomic mass is 10.2. The number of benzene rings is 2. The van der Waals surface area contributed by atoms with E-state index in [1.165, 1.54) is 16.7 Å². The molecule has 2 aromatic rings. The van der Waals surface area contributed by atoms with Crippen molar-refractivity contribution < 1.29 is 19.1 Å². The number of carbonyl (C=O) groups excluding carboxylic acids is 3. The Balaban J connectivity index is 1.46. The largest absolute Gasteiger partial charge is 0.453 e. The van der Waals surface area contributed by atoms with Gasteiger partial charge >= 0.3 is 5.97 Å². The van der Waals surface area contributed by atoms with Gasteiger partial charge < -0.3 is 10.1 Å². The highest BCUT2D eigenvalue weighted by atomic mass is 35.5. The number of rotatable bonds is 4. The molecule has 1 fully saturated rings. The minimum absolute atomic E-state index is 0.117. The number of anilines is 2. The Morgan fingerprint density at radius 2 is 2.07 bits per heavy atom. The molecule has 8 heteroatoms. The van der Waals surface area contributed by atoms with E-state index in [-0.39, 0.29) is 12.3 Å². The van der Waals surface area contributed by atoms with Crippen molar-refractivity contribution in [2.45, 2.75) is 29.5 Å². The standard InChI is InChI=1S/C20H17ClN2O4S/c1-12-6-7-13(21)10-14(12)22-17(24)11-27-19(26)20-9-8-18(25)23(20)15-4-2-3-5-16(15)28-20/h2-7,10H,8-9,11H2,1H3,(H,22,24). The van der Waals surface area contributed by atoms with Gasteiger partial charge in [0, 0.05) is 28.4 Å². The van der Waals surface area contributed by atoms with Gasteiger partial charge in [0.15, 0.2) is 11.5 Å². The number of amides is 2. The van der Waals surface area contributed by atoms with Gasteiger partial charge in [-0.3, -0.25) is 14.5 Å². The lowest BCUT2D eigenvalue weighted by Crippen LogP contribution is -2.48. The summed E-state index contributed by atoms with van der Waals surface area (Å²) in [4.78, 5) is 38.8. The summed E-state index contributed by atoms with van der Waals surface area (Å²) in [6, 6.07) is 12.5. The molecule has 2 aliphatic heterocycles. The normalized spacial score (nSPS) is 19.9. The smallest absolute Gasteiger partial charge is 0.344 e. The van der Waals surface area contributed by atoms with Gasteiger partial charge in [0.2, 0.25) is 5.91 Å². The van der Waals surface area contributed by atoms with Crippen LogP contribution in [0.5, 0.6) is 0 Å². The Kier molecular flexibility index (Phi) is 4.81. The summed E-state index contributed by atoms with van der Waals surface area (Å²) in [5.74, 6) is -1.17. The molecule has 0 bridgehead atoms. The van der Waals surface area contributed by atoms with Crippen LogP contribution in [-0.4, -0.2) is 29.3 Å². The fourth-order valence-corrected chi connectivity index (χ4v) is 5.02. The summed E-state index contributed by atoms with van der Waals surface area (Å²) in [7, 11) is 0. The molecule has 0 aromatic heterocycles. The summed E-state index contributed by atoms with van der Waals surface area (Å²) in [6.07, 6.45) is 0.614. The van der Waals surface area contributed by atoms with E-state index in [1.807, 2.05) is 31.2 Å². The lowest BCUT2D eigenvalue weighted by Gasteiger charge is -2.28. The molecule has 1 atom stereocenters. The molecular weight excluding hydrogens is 400 g/mol. The van der Waals surface area contributed by atoms with Crippen molar-refractivity contribution in [2.75, 3.05) is 16.8 Å². The van der Waals surface area contributed by atoms with Crippen molar-refractivity contribution >= 4 is 52.5 Å². The number of nitrogens with one attached hydrogen (secondary N) is 1. The van der Waals surface area contributed by atoms with Crippen LogP contribution < -0.4 is 10.2 Å². The number of hydrogen-bond acceptors (Lipinski definition) is 5. The van der Waals surface area contributed by atoms with Crippen LogP contribution in [0.3, 0.4) is 0 Å². The fourth-order valence-electron chi connectivity index (χ4n) is 3.43. The van der Waals surface area contributed by atoms with Crippen molar-refractivity contribution in [3.8, 4) is 0 Å². The predicted molar refractivity (Wildman–Crippen MR) is 108 cm³/mol. The highest BCUT2D eigenvalue weighted by Gasteiger charge is 2.58. The third-order valence-electron chi connectivity index (χ3n) is 4.80. The maximum absolute atomic E-state index is 12.9. The monoisotopic (exact) mass is 416 g/mol. The Morgan fingerprint density at radius 3 is 2.89 bits per heavy atom. The Bertz CT molecular complexity index is 996. The zero-order valence-corrected chi connectivity index (χ0v) is 16.6. The number of esters is 1. The maximum atomic E-state index is 12.9. The van der Waals surface area contributed by atoms with E-state index in [4.69, 9.17) is 16.3 Å². The first-order valence-electron chi connectivity index (χ1n) is 8.75. The Morgan fingerprint density at radius 1 is 1.29 bits per heavy atom. The topological polar surface area (TPSA) is 75.7 Å². The third kappa shape index (κ3) is 3.14. The molecule has 2 heterocycles. The second-order valence-electron chi connectivity index (χ2n) is 6.67. The molecule has 1 saturated heterocycles. The molecule has 0 spiro atoms. The molecule has 144 valence electrons. The van der Waals surface area contributed by atoms with Crippen LogP contribution in [0.2, 0.25) is 5.02 Å². The first-order chi connectivity index (χ1) is 13.4. The lowest BCUT2D eigenvalue weighted by molar-refractivity contribution is -0.149. The fraction of sp³-hybridized carbons (Fsp3) is 0.250. The number of carbonyl (C=O) groups is 3. The summed E-state index contributed by atoms with van der Waals surface area (Å²) in [5, 5.41) is 3.19. The van der Waals surface area contributed by atoms with Gasteiger partial charge in [-0.2, -0.15) is 0 Å². The van der Waals surface area contributed by atoms with E-state index in [0.717, 1.165) is 10.5 Å². The van der Waals surface area contributed by atoms with Crippen molar-refractivity contribution in [1.82, 2.24) is 0 Å². The van der Waals surface area contributed by atoms with E-state index >= 15 is 0 Å². The molecular formula is C20H17ClN2O4S. The molecule has 2 aromatic carbocycles. The number of halogens is 1. The number of para-hydroxylation sites is 1. The van der Waals surface area contributed by atoms with Crippen LogP contribution in [0.25, 0.3) is 0 Å². The second-order valence-corrected chi connectivity index (χ2v) is 8.42. The molecule has 2 aliphatic rings. The molecule has 0 radical (unpaired) electrons. The van der Waals surface area contributed by atoms with E-state index in [9.17, 15) is 14.4 Å². The van der Waals surface area contributed by atoms with Gasteiger partial charge in [-0.1, -0.05) is 41.6 Å². The average molecular weight is 417 g/mol. The van der Waals surface area contributed by atoms with Crippen LogP contribution in [0.1, 0.15) is 18.4 Å². The summed E-state index contributed by atoms with van der Waals surface area (Å²) in [5.41, 5.74) is 2.12. The van der Waals surface area contributed by atoms with Gasteiger partial charge in [0.05, 0.1) is 5.69 Å². The SMILES string of the molecule is Cc1ccc(Cl)cc1NC(=O)COC(=O)C12CCC(=O)N1c1ccccc1S2. The van der Waals surface area contributed by atoms with Crippen LogP contribution in [-0.2, 0) is 19.1 Å². The molecule has 6 nitrogen and oxygen atoms in total. The van der Waals surface area contributed by atoms with Crippen LogP contribution in [0, 0.1) is 6.92 Å². The summed E-state index contributed by atoms with van der Waals surface area (Å²) < 4.78 is 5.32. The number of hydrogen-bond donors (Lipinski definition) is 1. The van der Waals surface area contributed by atoms with Gasteiger partial charge in [0.25, 0.3) is 5.91 Å². The molecule has 0 aliphatic carbocycles. The van der Waals surface area contributed by atoms with Crippen LogP contribution >= 0.6 is 23.4 Å². The Hall–Kier alpha value is -2.51. The van der Waals surface area contributed by atoms with Crippen molar-refractivity contribution in [1.29, 1.82) is 0 Å². The van der Waals surface area contributed by atoms with Gasteiger partial charge in [-0.25, -0.2) is 4.79 Å². The van der Waals surface area contributed by atoms with E-state index in [1.54, 1.807) is 18.2 Å². The molecule has 0 saturated carbocycles.